The van der Waals surface area contributed by atoms with Gasteiger partial charge in [-0.3, -0.25) is 9.59 Å². The molecule has 0 unspecified atom stereocenters. The van der Waals surface area contributed by atoms with E-state index in [-0.39, 0.29) is 24.3 Å². The molecule has 1 aromatic rings. The van der Waals surface area contributed by atoms with E-state index in [2.05, 4.69) is 0 Å². The summed E-state index contributed by atoms with van der Waals surface area (Å²) < 4.78 is 38.4. The van der Waals surface area contributed by atoms with Crippen LogP contribution in [0, 0.1) is 5.92 Å². The van der Waals surface area contributed by atoms with E-state index in [0.717, 1.165) is 18.6 Å². The average Bonchev–Trinajstić information content (AvgIpc) is 2.60. The van der Waals surface area contributed by atoms with E-state index in [0.29, 0.717) is 31.5 Å². The molecule has 1 atom stereocenters. The molecule has 138 valence electrons. The summed E-state index contributed by atoms with van der Waals surface area (Å²) in [6.07, 6.45) is -2.54. The van der Waals surface area contributed by atoms with Gasteiger partial charge in [-0.05, 0) is 30.5 Å². The highest BCUT2D eigenvalue weighted by Gasteiger charge is 2.31. The van der Waals surface area contributed by atoms with E-state index < -0.39 is 11.7 Å². The Morgan fingerprint density at radius 1 is 1.32 bits per heavy atom. The number of nitrogens with zero attached hydrogens (tertiary/aromatic N) is 2. The molecule has 1 fully saturated rings. The Kier molecular flexibility index (Phi) is 6.08. The van der Waals surface area contributed by atoms with Gasteiger partial charge in [0.05, 0.1) is 11.5 Å². The van der Waals surface area contributed by atoms with E-state index in [1.54, 1.807) is 24.9 Å². The molecule has 0 saturated carbocycles. The third kappa shape index (κ3) is 4.96. The lowest BCUT2D eigenvalue weighted by Gasteiger charge is -2.34. The van der Waals surface area contributed by atoms with E-state index in [4.69, 9.17) is 0 Å². The van der Waals surface area contributed by atoms with E-state index in [1.807, 2.05) is 0 Å². The monoisotopic (exact) mass is 356 g/mol. The normalized spacial score (nSPS) is 18.1. The highest BCUT2D eigenvalue weighted by Crippen LogP contribution is 2.30. The lowest BCUT2D eigenvalue weighted by atomic mass is 9.96. The molecule has 25 heavy (non-hydrogen) atoms. The second-order valence-electron chi connectivity index (χ2n) is 6.42. The average molecular weight is 356 g/mol. The van der Waals surface area contributed by atoms with Gasteiger partial charge in [-0.2, -0.15) is 13.2 Å². The summed E-state index contributed by atoms with van der Waals surface area (Å²) in [6.45, 7) is 2.95. The van der Waals surface area contributed by atoms with Crippen LogP contribution in [-0.4, -0.2) is 41.8 Å². The molecule has 2 rings (SSSR count). The molecule has 0 spiro atoms. The van der Waals surface area contributed by atoms with Gasteiger partial charge < -0.3 is 9.80 Å². The zero-order valence-corrected chi connectivity index (χ0v) is 14.5. The molecule has 0 aliphatic carbocycles. The lowest BCUT2D eigenvalue weighted by Crippen LogP contribution is -2.45. The number of amides is 2. The number of hydrogen-bond donors (Lipinski definition) is 0. The number of carbonyl (C=O) groups excluding carboxylic acids is 2. The van der Waals surface area contributed by atoms with E-state index >= 15 is 0 Å². The van der Waals surface area contributed by atoms with Crippen molar-refractivity contribution < 1.29 is 22.8 Å². The fraction of sp³-hybridized carbons (Fsp3) is 0.556. The quantitative estimate of drug-likeness (QED) is 0.830. The van der Waals surface area contributed by atoms with Crippen LogP contribution >= 0.6 is 0 Å². The summed E-state index contributed by atoms with van der Waals surface area (Å²) >= 11 is 0. The second kappa shape index (κ2) is 7.89. The summed E-state index contributed by atoms with van der Waals surface area (Å²) in [7, 11) is 1.59. The van der Waals surface area contributed by atoms with Crippen molar-refractivity contribution >= 4 is 11.8 Å². The van der Waals surface area contributed by atoms with Crippen LogP contribution in [0.15, 0.2) is 24.3 Å². The van der Waals surface area contributed by atoms with Crippen molar-refractivity contribution in [3.8, 4) is 0 Å². The predicted octanol–water partition coefficient (Wildman–Crippen LogP) is 3.31. The molecule has 1 aliphatic rings. The van der Waals surface area contributed by atoms with E-state index in [1.165, 1.54) is 11.0 Å². The fourth-order valence-electron chi connectivity index (χ4n) is 3.14. The molecular weight excluding hydrogens is 333 g/mol. The number of carbonyl (C=O) groups is 2. The number of piperidine rings is 1. The minimum Gasteiger partial charge on any atom is -0.342 e. The molecule has 2 amide bonds. The predicted molar refractivity (Wildman–Crippen MR) is 87.5 cm³/mol. The SMILES string of the molecule is CCC(=O)N1CCC[C@H](C(=O)N(C)Cc2cccc(C(F)(F)F)c2)C1. The number of halogens is 3. The van der Waals surface area contributed by atoms with Crippen molar-refractivity contribution in [2.75, 3.05) is 20.1 Å². The van der Waals surface area contributed by atoms with Gasteiger partial charge in [0.15, 0.2) is 0 Å². The van der Waals surface area contributed by atoms with Gasteiger partial charge in [0, 0.05) is 33.1 Å². The van der Waals surface area contributed by atoms with Crippen LogP contribution in [0.5, 0.6) is 0 Å². The Hall–Kier alpha value is -2.05. The van der Waals surface area contributed by atoms with Gasteiger partial charge in [-0.1, -0.05) is 19.1 Å². The van der Waals surface area contributed by atoms with Gasteiger partial charge in [0.2, 0.25) is 11.8 Å². The molecule has 0 radical (unpaired) electrons. The van der Waals surface area contributed by atoms with Gasteiger partial charge in [-0.15, -0.1) is 0 Å². The van der Waals surface area contributed by atoms with E-state index in [9.17, 15) is 22.8 Å². The number of hydrogen-bond acceptors (Lipinski definition) is 2. The van der Waals surface area contributed by atoms with Crippen molar-refractivity contribution in [1.29, 1.82) is 0 Å². The topological polar surface area (TPSA) is 40.6 Å². The maximum atomic E-state index is 12.8. The Morgan fingerprint density at radius 3 is 2.68 bits per heavy atom. The molecule has 0 N–H and O–H groups in total. The second-order valence-corrected chi connectivity index (χ2v) is 6.42. The Morgan fingerprint density at radius 2 is 2.04 bits per heavy atom. The molecule has 1 aliphatic heterocycles. The summed E-state index contributed by atoms with van der Waals surface area (Å²) in [5.41, 5.74) is -0.286. The third-order valence-electron chi connectivity index (χ3n) is 4.48. The fourth-order valence-corrected chi connectivity index (χ4v) is 3.14. The first-order chi connectivity index (χ1) is 11.7. The summed E-state index contributed by atoms with van der Waals surface area (Å²) in [6, 6.07) is 5.00. The maximum Gasteiger partial charge on any atom is 0.416 e. The summed E-state index contributed by atoms with van der Waals surface area (Å²) in [4.78, 5) is 27.6. The Bertz CT molecular complexity index is 631. The minimum absolute atomic E-state index is 0.0260. The first-order valence-corrected chi connectivity index (χ1v) is 8.41. The van der Waals surface area contributed by atoms with Crippen LogP contribution in [0.4, 0.5) is 13.2 Å². The third-order valence-corrected chi connectivity index (χ3v) is 4.48. The van der Waals surface area contributed by atoms with Crippen molar-refractivity contribution in [3.63, 3.8) is 0 Å². The van der Waals surface area contributed by atoms with Crippen LogP contribution in [0.25, 0.3) is 0 Å². The first-order valence-electron chi connectivity index (χ1n) is 8.41. The van der Waals surface area contributed by atoms with Crippen LogP contribution < -0.4 is 0 Å². The van der Waals surface area contributed by atoms with Crippen molar-refractivity contribution in [2.24, 2.45) is 5.92 Å². The zero-order valence-electron chi connectivity index (χ0n) is 14.5. The molecule has 0 bridgehead atoms. The Labute approximate surface area is 145 Å². The van der Waals surface area contributed by atoms with Crippen LogP contribution in [-0.2, 0) is 22.3 Å². The van der Waals surface area contributed by atoms with Crippen molar-refractivity contribution in [2.45, 2.75) is 38.9 Å². The van der Waals surface area contributed by atoms with Crippen molar-refractivity contribution in [1.82, 2.24) is 9.80 Å². The number of alkyl halides is 3. The highest BCUT2D eigenvalue weighted by molar-refractivity contribution is 5.81. The molecule has 1 aromatic carbocycles. The number of rotatable bonds is 4. The molecule has 1 saturated heterocycles. The lowest BCUT2D eigenvalue weighted by molar-refractivity contribution is -0.140. The Balaban J connectivity index is 2.02. The summed E-state index contributed by atoms with van der Waals surface area (Å²) in [5.74, 6) is -0.399. The van der Waals surface area contributed by atoms with Gasteiger partial charge in [-0.25, -0.2) is 0 Å². The van der Waals surface area contributed by atoms with Crippen LogP contribution in [0.3, 0.4) is 0 Å². The molecular formula is C18H23F3N2O2. The maximum absolute atomic E-state index is 12.8. The van der Waals surface area contributed by atoms with Gasteiger partial charge in [0.25, 0.3) is 0 Å². The zero-order chi connectivity index (χ0) is 18.6. The number of benzene rings is 1. The van der Waals surface area contributed by atoms with Gasteiger partial charge >= 0.3 is 6.18 Å². The van der Waals surface area contributed by atoms with Crippen LogP contribution in [0.2, 0.25) is 0 Å². The first kappa shape index (κ1) is 19.3. The standard InChI is InChI=1S/C18H23F3N2O2/c1-3-16(24)23-9-5-7-14(12-23)17(25)22(2)11-13-6-4-8-15(10-13)18(19,20)21/h4,6,8,10,14H,3,5,7,9,11-12H2,1-2H3/t14-/m0/s1. The largest absolute Gasteiger partial charge is 0.416 e. The molecule has 1 heterocycles. The smallest absolute Gasteiger partial charge is 0.342 e. The van der Waals surface area contributed by atoms with Crippen molar-refractivity contribution in [3.05, 3.63) is 35.4 Å². The molecule has 7 heteroatoms. The van der Waals surface area contributed by atoms with Gasteiger partial charge in [0.1, 0.15) is 0 Å². The minimum atomic E-state index is -4.40. The van der Waals surface area contributed by atoms with Crippen LogP contribution in [0.1, 0.15) is 37.3 Å². The molecule has 0 aromatic heterocycles. The highest BCUT2D eigenvalue weighted by atomic mass is 19.4. The molecule has 4 nitrogen and oxygen atoms in total. The number of likely N-dealkylation sites (tertiary alicyclic amines) is 1. The summed E-state index contributed by atoms with van der Waals surface area (Å²) in [5, 5.41) is 0.